The van der Waals surface area contributed by atoms with Crippen LogP contribution in [0.1, 0.15) is 5.56 Å². The molecule has 0 aromatic heterocycles. The first-order chi connectivity index (χ1) is 12.5. The summed E-state index contributed by atoms with van der Waals surface area (Å²) in [6.45, 7) is 1.69. The molecule has 26 heavy (non-hydrogen) atoms. The molecule has 1 amide bonds. The van der Waals surface area contributed by atoms with Crippen LogP contribution in [0.25, 0.3) is 0 Å². The van der Waals surface area contributed by atoms with Crippen LogP contribution in [0.15, 0.2) is 30.3 Å². The van der Waals surface area contributed by atoms with Crippen molar-refractivity contribution in [1.82, 2.24) is 0 Å². The van der Waals surface area contributed by atoms with Gasteiger partial charge < -0.3 is 29.0 Å². The SMILES string of the molecule is COc1ccc(OC)c(NC(=O)COc2c(OC)cc(C)cc2OC)c1. The van der Waals surface area contributed by atoms with E-state index in [2.05, 4.69) is 5.32 Å². The van der Waals surface area contributed by atoms with Gasteiger partial charge in [0.1, 0.15) is 11.5 Å². The third-order valence-corrected chi connectivity index (χ3v) is 3.63. The molecule has 0 bridgehead atoms. The van der Waals surface area contributed by atoms with E-state index in [9.17, 15) is 4.79 Å². The predicted octanol–water partition coefficient (Wildman–Crippen LogP) is 3.05. The highest BCUT2D eigenvalue weighted by atomic mass is 16.5. The summed E-state index contributed by atoms with van der Waals surface area (Å²) < 4.78 is 26.7. The highest BCUT2D eigenvalue weighted by Crippen LogP contribution is 2.38. The summed E-state index contributed by atoms with van der Waals surface area (Å²) >= 11 is 0. The van der Waals surface area contributed by atoms with Crippen LogP contribution in [0.2, 0.25) is 0 Å². The van der Waals surface area contributed by atoms with Gasteiger partial charge in [-0.2, -0.15) is 0 Å². The van der Waals surface area contributed by atoms with Crippen molar-refractivity contribution in [3.05, 3.63) is 35.9 Å². The second-order valence-corrected chi connectivity index (χ2v) is 5.40. The average Bonchev–Trinajstić information content (AvgIpc) is 2.65. The standard InChI is InChI=1S/C19H23NO6/c1-12-8-16(24-4)19(17(9-12)25-5)26-11-18(21)20-14-10-13(22-2)6-7-15(14)23-3/h6-10H,11H2,1-5H3,(H,20,21). The number of ether oxygens (including phenoxy) is 5. The number of hydrogen-bond donors (Lipinski definition) is 1. The van der Waals surface area contributed by atoms with Crippen molar-refractivity contribution in [2.24, 2.45) is 0 Å². The van der Waals surface area contributed by atoms with Gasteiger partial charge in [0.25, 0.3) is 5.91 Å². The lowest BCUT2D eigenvalue weighted by molar-refractivity contribution is -0.118. The summed E-state index contributed by atoms with van der Waals surface area (Å²) in [6.07, 6.45) is 0. The third kappa shape index (κ3) is 4.50. The van der Waals surface area contributed by atoms with Gasteiger partial charge in [-0.3, -0.25) is 4.79 Å². The Bertz CT molecular complexity index is 750. The fourth-order valence-corrected chi connectivity index (χ4v) is 2.39. The molecule has 0 spiro atoms. The molecule has 0 saturated carbocycles. The number of nitrogens with one attached hydrogen (secondary N) is 1. The molecule has 0 heterocycles. The maximum atomic E-state index is 12.3. The summed E-state index contributed by atoms with van der Waals surface area (Å²) in [7, 11) is 6.13. The molecule has 7 heteroatoms. The first-order valence-corrected chi connectivity index (χ1v) is 7.89. The normalized spacial score (nSPS) is 10.0. The van der Waals surface area contributed by atoms with E-state index in [0.717, 1.165) is 5.56 Å². The average molecular weight is 361 g/mol. The van der Waals surface area contributed by atoms with E-state index < -0.39 is 0 Å². The van der Waals surface area contributed by atoms with Crippen molar-refractivity contribution >= 4 is 11.6 Å². The molecule has 0 fully saturated rings. The number of hydrogen-bond acceptors (Lipinski definition) is 6. The number of aryl methyl sites for hydroxylation is 1. The van der Waals surface area contributed by atoms with Gasteiger partial charge in [-0.15, -0.1) is 0 Å². The van der Waals surface area contributed by atoms with E-state index in [0.29, 0.717) is 34.4 Å². The molecule has 0 saturated heterocycles. The van der Waals surface area contributed by atoms with Gasteiger partial charge in [0, 0.05) is 6.07 Å². The summed E-state index contributed by atoms with van der Waals surface area (Å²) in [5.41, 5.74) is 1.44. The Labute approximate surface area is 152 Å². The number of amides is 1. The smallest absolute Gasteiger partial charge is 0.262 e. The first-order valence-electron chi connectivity index (χ1n) is 7.89. The summed E-state index contributed by atoms with van der Waals surface area (Å²) in [6, 6.07) is 8.74. The highest BCUT2D eigenvalue weighted by Gasteiger charge is 2.16. The van der Waals surface area contributed by atoms with E-state index in [4.69, 9.17) is 23.7 Å². The van der Waals surface area contributed by atoms with Crippen LogP contribution in [0.5, 0.6) is 28.7 Å². The van der Waals surface area contributed by atoms with Crippen molar-refractivity contribution in [3.8, 4) is 28.7 Å². The lowest BCUT2D eigenvalue weighted by Gasteiger charge is -2.16. The van der Waals surface area contributed by atoms with Gasteiger partial charge in [0.2, 0.25) is 5.75 Å². The lowest BCUT2D eigenvalue weighted by Crippen LogP contribution is -2.21. The zero-order chi connectivity index (χ0) is 19.1. The van der Waals surface area contributed by atoms with Crippen LogP contribution in [0.3, 0.4) is 0 Å². The van der Waals surface area contributed by atoms with Gasteiger partial charge in [0.15, 0.2) is 18.1 Å². The molecule has 2 aromatic carbocycles. The van der Waals surface area contributed by atoms with Crippen molar-refractivity contribution in [3.63, 3.8) is 0 Å². The van der Waals surface area contributed by atoms with Gasteiger partial charge in [0.05, 0.1) is 34.1 Å². The van der Waals surface area contributed by atoms with Crippen LogP contribution >= 0.6 is 0 Å². The lowest BCUT2D eigenvalue weighted by atomic mass is 10.2. The van der Waals surface area contributed by atoms with E-state index in [1.807, 2.05) is 6.92 Å². The number of methoxy groups -OCH3 is 4. The van der Waals surface area contributed by atoms with E-state index in [1.165, 1.54) is 21.3 Å². The maximum Gasteiger partial charge on any atom is 0.262 e. The Morgan fingerprint density at radius 2 is 1.50 bits per heavy atom. The third-order valence-electron chi connectivity index (χ3n) is 3.63. The zero-order valence-corrected chi connectivity index (χ0v) is 15.5. The van der Waals surface area contributed by atoms with Crippen molar-refractivity contribution in [2.45, 2.75) is 6.92 Å². The molecule has 7 nitrogen and oxygen atoms in total. The largest absolute Gasteiger partial charge is 0.497 e. The predicted molar refractivity (Wildman–Crippen MR) is 98.0 cm³/mol. The van der Waals surface area contributed by atoms with Crippen molar-refractivity contribution < 1.29 is 28.5 Å². The summed E-state index contributed by atoms with van der Waals surface area (Å²) in [4.78, 5) is 12.3. The quantitative estimate of drug-likeness (QED) is 0.779. The van der Waals surface area contributed by atoms with Gasteiger partial charge in [-0.05, 0) is 36.8 Å². The minimum absolute atomic E-state index is 0.226. The molecule has 0 unspecified atom stereocenters. The number of carbonyl (C=O) groups is 1. The topological polar surface area (TPSA) is 75.3 Å². The molecule has 140 valence electrons. The second kappa shape index (κ2) is 8.84. The molecule has 0 aliphatic heterocycles. The number of rotatable bonds is 8. The Balaban J connectivity index is 2.13. The Kier molecular flexibility index (Phi) is 6.54. The van der Waals surface area contributed by atoms with Crippen LogP contribution in [0.4, 0.5) is 5.69 Å². The molecular formula is C19H23NO6. The van der Waals surface area contributed by atoms with Gasteiger partial charge >= 0.3 is 0 Å². The minimum Gasteiger partial charge on any atom is -0.497 e. The maximum absolute atomic E-state index is 12.3. The van der Waals surface area contributed by atoms with Crippen molar-refractivity contribution in [1.29, 1.82) is 0 Å². The Hall–Kier alpha value is -3.09. The fourth-order valence-electron chi connectivity index (χ4n) is 2.39. The van der Waals surface area contributed by atoms with Crippen LogP contribution in [-0.4, -0.2) is 41.0 Å². The molecule has 0 aliphatic carbocycles. The number of carbonyl (C=O) groups excluding carboxylic acids is 1. The van der Waals surface area contributed by atoms with E-state index in [-0.39, 0.29) is 12.5 Å². The van der Waals surface area contributed by atoms with Gasteiger partial charge in [-0.25, -0.2) is 0 Å². The highest BCUT2D eigenvalue weighted by molar-refractivity contribution is 5.93. The molecule has 2 aromatic rings. The van der Waals surface area contributed by atoms with Crippen molar-refractivity contribution in [2.75, 3.05) is 40.4 Å². The minimum atomic E-state index is -0.360. The first kappa shape index (κ1) is 19.2. The van der Waals surface area contributed by atoms with Crippen LogP contribution < -0.4 is 29.0 Å². The monoisotopic (exact) mass is 361 g/mol. The molecule has 0 atom stereocenters. The fraction of sp³-hybridized carbons (Fsp3) is 0.316. The molecule has 0 aliphatic rings. The summed E-state index contributed by atoms with van der Waals surface area (Å²) in [5.74, 6) is 2.12. The summed E-state index contributed by atoms with van der Waals surface area (Å²) in [5, 5.41) is 2.74. The second-order valence-electron chi connectivity index (χ2n) is 5.40. The Morgan fingerprint density at radius 3 is 2.04 bits per heavy atom. The van der Waals surface area contributed by atoms with Crippen LogP contribution in [0, 0.1) is 6.92 Å². The molecule has 0 radical (unpaired) electrons. The number of benzene rings is 2. The molecular weight excluding hydrogens is 338 g/mol. The number of anilines is 1. The Morgan fingerprint density at radius 1 is 0.885 bits per heavy atom. The molecule has 2 rings (SSSR count). The molecule has 1 N–H and O–H groups in total. The van der Waals surface area contributed by atoms with Crippen LogP contribution in [-0.2, 0) is 4.79 Å². The van der Waals surface area contributed by atoms with Gasteiger partial charge in [-0.1, -0.05) is 0 Å². The zero-order valence-electron chi connectivity index (χ0n) is 15.5. The van der Waals surface area contributed by atoms with E-state index >= 15 is 0 Å². The van der Waals surface area contributed by atoms with E-state index in [1.54, 1.807) is 37.4 Å².